The Hall–Kier alpha value is -2.41. The van der Waals surface area contributed by atoms with Crippen LogP contribution < -0.4 is 0 Å². The number of H-pyrrole nitrogens is 1. The summed E-state index contributed by atoms with van der Waals surface area (Å²) in [6.45, 7) is 0. The van der Waals surface area contributed by atoms with E-state index in [1.807, 2.05) is 6.07 Å². The molecule has 0 fully saturated rings. The van der Waals surface area contributed by atoms with Crippen LogP contribution in [0.1, 0.15) is 5.56 Å². The van der Waals surface area contributed by atoms with Gasteiger partial charge in [-0.3, -0.25) is 5.10 Å². The molecule has 0 aliphatic rings. The summed E-state index contributed by atoms with van der Waals surface area (Å²) in [4.78, 5) is 0. The minimum atomic E-state index is -0.280. The molecule has 0 aliphatic heterocycles. The van der Waals surface area contributed by atoms with Crippen molar-refractivity contribution < 1.29 is 4.39 Å². The summed E-state index contributed by atoms with van der Waals surface area (Å²) in [5, 5.41) is 15.2. The third-order valence-corrected chi connectivity index (χ3v) is 2.14. The van der Waals surface area contributed by atoms with Crippen molar-refractivity contribution in [3.05, 3.63) is 47.9 Å². The molecule has 1 aromatic heterocycles. The second-order valence-electron chi connectivity index (χ2n) is 3.17. The summed E-state index contributed by atoms with van der Waals surface area (Å²) in [5.74, 6) is -0.280. The standard InChI is InChI=1S/C12H8FN3/c13-11-5-3-9(4-6-11)12-10(2-1-7-14)8-15-16-12/h1-6,8H,(H,15,16). The summed E-state index contributed by atoms with van der Waals surface area (Å²) in [6, 6.07) is 8.00. The quantitative estimate of drug-likeness (QED) is 0.780. The lowest BCUT2D eigenvalue weighted by Gasteiger charge is -1.98. The number of nitriles is 1. The fraction of sp³-hybridized carbons (Fsp3) is 0. The van der Waals surface area contributed by atoms with E-state index in [9.17, 15) is 4.39 Å². The Morgan fingerprint density at radius 3 is 2.75 bits per heavy atom. The number of halogens is 1. The first-order chi connectivity index (χ1) is 7.81. The van der Waals surface area contributed by atoms with E-state index in [2.05, 4.69) is 10.2 Å². The highest BCUT2D eigenvalue weighted by atomic mass is 19.1. The van der Waals surface area contributed by atoms with Crippen molar-refractivity contribution in [2.45, 2.75) is 0 Å². The maximum absolute atomic E-state index is 12.7. The summed E-state index contributed by atoms with van der Waals surface area (Å²) >= 11 is 0. The van der Waals surface area contributed by atoms with Gasteiger partial charge in [0, 0.05) is 17.2 Å². The molecular weight excluding hydrogens is 205 g/mol. The van der Waals surface area contributed by atoms with E-state index in [1.165, 1.54) is 18.2 Å². The fourth-order valence-corrected chi connectivity index (χ4v) is 1.40. The second kappa shape index (κ2) is 4.41. The minimum absolute atomic E-state index is 0.280. The van der Waals surface area contributed by atoms with Gasteiger partial charge in [-0.1, -0.05) is 0 Å². The molecule has 0 saturated heterocycles. The number of rotatable bonds is 2. The molecule has 2 rings (SSSR count). The van der Waals surface area contributed by atoms with E-state index in [-0.39, 0.29) is 5.82 Å². The van der Waals surface area contributed by atoms with Gasteiger partial charge in [-0.15, -0.1) is 0 Å². The molecule has 0 unspecified atom stereocenters. The van der Waals surface area contributed by atoms with E-state index in [1.54, 1.807) is 24.4 Å². The Morgan fingerprint density at radius 2 is 2.06 bits per heavy atom. The number of aromatic amines is 1. The Balaban J connectivity index is 2.41. The van der Waals surface area contributed by atoms with Crippen molar-refractivity contribution in [1.82, 2.24) is 10.2 Å². The number of aromatic nitrogens is 2. The predicted octanol–water partition coefficient (Wildman–Crippen LogP) is 2.75. The van der Waals surface area contributed by atoms with Gasteiger partial charge in [0.1, 0.15) is 5.82 Å². The lowest BCUT2D eigenvalue weighted by Crippen LogP contribution is -1.81. The largest absolute Gasteiger partial charge is 0.277 e. The number of allylic oxidation sites excluding steroid dienone is 1. The van der Waals surface area contributed by atoms with Crippen LogP contribution in [-0.4, -0.2) is 10.2 Å². The molecule has 78 valence electrons. The first-order valence-electron chi connectivity index (χ1n) is 4.67. The van der Waals surface area contributed by atoms with E-state index in [4.69, 9.17) is 5.26 Å². The maximum atomic E-state index is 12.7. The first-order valence-corrected chi connectivity index (χ1v) is 4.67. The van der Waals surface area contributed by atoms with Crippen LogP contribution >= 0.6 is 0 Å². The third kappa shape index (κ3) is 1.98. The smallest absolute Gasteiger partial charge is 0.123 e. The van der Waals surface area contributed by atoms with Crippen LogP contribution in [0.3, 0.4) is 0 Å². The van der Waals surface area contributed by atoms with Gasteiger partial charge in [0.15, 0.2) is 0 Å². The summed E-state index contributed by atoms with van der Waals surface area (Å²) in [6.07, 6.45) is 4.65. The van der Waals surface area contributed by atoms with Crippen LogP contribution in [0.15, 0.2) is 36.5 Å². The van der Waals surface area contributed by atoms with Gasteiger partial charge in [0.25, 0.3) is 0 Å². The van der Waals surface area contributed by atoms with Gasteiger partial charge in [-0.2, -0.15) is 10.4 Å². The molecule has 0 saturated carbocycles. The number of nitrogens with one attached hydrogen (secondary N) is 1. The SMILES string of the molecule is N#CC=Cc1cn[nH]c1-c1ccc(F)cc1. The third-order valence-electron chi connectivity index (χ3n) is 2.14. The molecule has 16 heavy (non-hydrogen) atoms. The number of benzene rings is 1. The van der Waals surface area contributed by atoms with E-state index in [0.29, 0.717) is 0 Å². The number of nitrogens with zero attached hydrogens (tertiary/aromatic N) is 2. The van der Waals surface area contributed by atoms with Crippen molar-refractivity contribution in [2.75, 3.05) is 0 Å². The normalized spacial score (nSPS) is 10.5. The van der Waals surface area contributed by atoms with Gasteiger partial charge >= 0.3 is 0 Å². The molecule has 1 heterocycles. The molecule has 1 aromatic carbocycles. The molecule has 0 spiro atoms. The average Bonchev–Trinajstić information content (AvgIpc) is 2.75. The molecule has 2 aromatic rings. The Labute approximate surface area is 91.8 Å². The minimum Gasteiger partial charge on any atom is -0.277 e. The van der Waals surface area contributed by atoms with Crippen molar-refractivity contribution in [3.63, 3.8) is 0 Å². The zero-order valence-corrected chi connectivity index (χ0v) is 8.31. The topological polar surface area (TPSA) is 52.5 Å². The maximum Gasteiger partial charge on any atom is 0.123 e. The molecule has 0 bridgehead atoms. The van der Waals surface area contributed by atoms with Crippen LogP contribution in [0, 0.1) is 17.1 Å². The lowest BCUT2D eigenvalue weighted by atomic mass is 10.1. The fourth-order valence-electron chi connectivity index (χ4n) is 1.40. The Bertz CT molecular complexity index is 546. The van der Waals surface area contributed by atoms with Crippen LogP contribution in [-0.2, 0) is 0 Å². The predicted molar refractivity (Wildman–Crippen MR) is 58.6 cm³/mol. The van der Waals surface area contributed by atoms with E-state index in [0.717, 1.165) is 16.8 Å². The van der Waals surface area contributed by atoms with Crippen molar-refractivity contribution in [1.29, 1.82) is 5.26 Å². The van der Waals surface area contributed by atoms with Gasteiger partial charge in [0.05, 0.1) is 18.0 Å². The highest BCUT2D eigenvalue weighted by Gasteiger charge is 2.04. The molecular formula is C12H8FN3. The molecule has 3 nitrogen and oxygen atoms in total. The first kappa shape index (κ1) is 10.1. The molecule has 0 atom stereocenters. The highest BCUT2D eigenvalue weighted by Crippen LogP contribution is 2.22. The van der Waals surface area contributed by atoms with Gasteiger partial charge < -0.3 is 0 Å². The van der Waals surface area contributed by atoms with E-state index >= 15 is 0 Å². The second-order valence-corrected chi connectivity index (χ2v) is 3.17. The zero-order valence-electron chi connectivity index (χ0n) is 8.31. The van der Waals surface area contributed by atoms with Gasteiger partial charge in [0.2, 0.25) is 0 Å². The molecule has 1 N–H and O–H groups in total. The summed E-state index contributed by atoms with van der Waals surface area (Å²) in [5.41, 5.74) is 2.40. The monoisotopic (exact) mass is 213 g/mol. The van der Waals surface area contributed by atoms with Gasteiger partial charge in [-0.05, 0) is 30.3 Å². The number of hydrogen-bond acceptors (Lipinski definition) is 2. The van der Waals surface area contributed by atoms with Crippen molar-refractivity contribution >= 4 is 6.08 Å². The molecule has 0 aliphatic carbocycles. The highest BCUT2D eigenvalue weighted by molar-refractivity contribution is 5.71. The Morgan fingerprint density at radius 1 is 1.31 bits per heavy atom. The van der Waals surface area contributed by atoms with E-state index < -0.39 is 0 Å². The van der Waals surface area contributed by atoms with Crippen LogP contribution in [0.25, 0.3) is 17.3 Å². The van der Waals surface area contributed by atoms with Crippen molar-refractivity contribution in [3.8, 4) is 17.3 Å². The zero-order chi connectivity index (χ0) is 11.4. The Kier molecular flexibility index (Phi) is 2.79. The summed E-state index contributed by atoms with van der Waals surface area (Å²) in [7, 11) is 0. The molecule has 0 radical (unpaired) electrons. The van der Waals surface area contributed by atoms with Crippen LogP contribution in [0.5, 0.6) is 0 Å². The van der Waals surface area contributed by atoms with Gasteiger partial charge in [-0.25, -0.2) is 4.39 Å². The molecule has 4 heteroatoms. The van der Waals surface area contributed by atoms with Crippen molar-refractivity contribution in [2.24, 2.45) is 0 Å². The van der Waals surface area contributed by atoms with Crippen LogP contribution in [0.4, 0.5) is 4.39 Å². The lowest BCUT2D eigenvalue weighted by molar-refractivity contribution is 0.628. The number of hydrogen-bond donors (Lipinski definition) is 1. The average molecular weight is 213 g/mol. The molecule has 0 amide bonds. The van der Waals surface area contributed by atoms with Crippen LogP contribution in [0.2, 0.25) is 0 Å². The summed E-state index contributed by atoms with van der Waals surface area (Å²) < 4.78 is 12.7.